The van der Waals surface area contributed by atoms with Crippen molar-refractivity contribution in [2.24, 2.45) is 0 Å². The molecule has 0 aliphatic heterocycles. The Morgan fingerprint density at radius 1 is 1.24 bits per heavy atom. The first-order valence-electron chi connectivity index (χ1n) is 4.63. The maximum Gasteiger partial charge on any atom is 0.330 e. The van der Waals surface area contributed by atoms with Crippen molar-refractivity contribution in [1.29, 1.82) is 5.26 Å². The van der Waals surface area contributed by atoms with E-state index in [1.54, 1.807) is 0 Å². The van der Waals surface area contributed by atoms with Crippen molar-refractivity contribution in [3.05, 3.63) is 25.3 Å². The normalized spacial score (nSPS) is 9.65. The van der Waals surface area contributed by atoms with Crippen LogP contribution in [0.1, 0.15) is 6.92 Å². The van der Waals surface area contributed by atoms with E-state index in [-0.39, 0.29) is 13.2 Å². The lowest BCUT2D eigenvalue weighted by molar-refractivity contribution is -0.154. The van der Waals surface area contributed by atoms with E-state index in [9.17, 15) is 9.59 Å². The molecule has 0 unspecified atom stereocenters. The highest BCUT2D eigenvalue weighted by Crippen LogP contribution is 2.12. The largest absolute Gasteiger partial charge is 0.458 e. The molecule has 0 radical (unpaired) electrons. The third kappa shape index (κ3) is 5.99. The van der Waals surface area contributed by atoms with E-state index in [4.69, 9.17) is 19.5 Å². The molecule has 0 saturated carbocycles. The molecule has 0 amide bonds. The molecule has 6 heteroatoms. The first kappa shape index (κ1) is 14.7. The van der Waals surface area contributed by atoms with Gasteiger partial charge >= 0.3 is 11.9 Å². The minimum absolute atomic E-state index is 0.240. The summed E-state index contributed by atoms with van der Waals surface area (Å²) in [6.07, 6.45) is 3.41. The number of hydrogen-bond donors (Lipinski definition) is 0. The van der Waals surface area contributed by atoms with Gasteiger partial charge in [0.25, 0.3) is 6.26 Å². The van der Waals surface area contributed by atoms with E-state index in [2.05, 4.69) is 13.2 Å². The third-order valence-electron chi connectivity index (χ3n) is 1.66. The number of rotatable bonds is 7. The Hall–Kier alpha value is -2.29. The molecule has 0 saturated heterocycles. The van der Waals surface area contributed by atoms with Crippen molar-refractivity contribution in [3.63, 3.8) is 0 Å². The smallest absolute Gasteiger partial charge is 0.330 e. The molecular weight excluding hydrogens is 226 g/mol. The van der Waals surface area contributed by atoms with Crippen molar-refractivity contribution in [1.82, 2.24) is 0 Å². The molecule has 0 aromatic rings. The first-order valence-corrected chi connectivity index (χ1v) is 4.63. The number of carbonyl (C=O) groups excluding carboxylic acids is 2. The number of nitriles is 1. The Morgan fingerprint density at radius 3 is 1.94 bits per heavy atom. The Kier molecular flexibility index (Phi) is 6.11. The van der Waals surface area contributed by atoms with Gasteiger partial charge in [-0.3, -0.25) is 0 Å². The molecule has 0 rings (SSSR count). The summed E-state index contributed by atoms with van der Waals surface area (Å²) in [4.78, 5) is 21.7. The molecule has 0 aliphatic carbocycles. The van der Waals surface area contributed by atoms with Crippen LogP contribution in [0.25, 0.3) is 0 Å². The van der Waals surface area contributed by atoms with Crippen LogP contribution in [0.2, 0.25) is 0 Å². The van der Waals surface area contributed by atoms with E-state index in [1.807, 2.05) is 0 Å². The van der Waals surface area contributed by atoms with E-state index in [0.29, 0.717) is 0 Å². The number of esters is 2. The van der Waals surface area contributed by atoms with Gasteiger partial charge in [-0.05, 0) is 6.92 Å². The summed E-state index contributed by atoms with van der Waals surface area (Å²) < 4.78 is 14.2. The fourth-order valence-corrected chi connectivity index (χ4v) is 0.776. The van der Waals surface area contributed by atoms with Crippen molar-refractivity contribution in [2.45, 2.75) is 12.5 Å². The van der Waals surface area contributed by atoms with Crippen LogP contribution in [0.3, 0.4) is 0 Å². The van der Waals surface area contributed by atoms with Crippen LogP contribution in [-0.4, -0.2) is 30.8 Å². The standard InChI is InChI=1S/C11H13NO5/c1-4-9(13)15-6-11(3,17-8-12)7-16-10(14)5-2/h4-5H,1-2,6-7H2,3H3. The van der Waals surface area contributed by atoms with Crippen LogP contribution in [-0.2, 0) is 23.8 Å². The maximum atomic E-state index is 10.9. The zero-order valence-electron chi connectivity index (χ0n) is 9.47. The zero-order chi connectivity index (χ0) is 13.3. The van der Waals surface area contributed by atoms with Crippen molar-refractivity contribution in [2.75, 3.05) is 13.2 Å². The van der Waals surface area contributed by atoms with Crippen LogP contribution >= 0.6 is 0 Å². The molecule has 0 aliphatic rings. The average molecular weight is 239 g/mol. The van der Waals surface area contributed by atoms with E-state index in [1.165, 1.54) is 13.2 Å². The molecule has 0 aromatic carbocycles. The monoisotopic (exact) mass is 239 g/mol. The second-order valence-corrected chi connectivity index (χ2v) is 3.27. The fourth-order valence-electron chi connectivity index (χ4n) is 0.776. The lowest BCUT2D eigenvalue weighted by Crippen LogP contribution is -2.39. The summed E-state index contributed by atoms with van der Waals surface area (Å²) in [7, 11) is 0. The molecular formula is C11H13NO5. The van der Waals surface area contributed by atoms with E-state index in [0.717, 1.165) is 12.2 Å². The lowest BCUT2D eigenvalue weighted by atomic mass is 10.1. The van der Waals surface area contributed by atoms with Gasteiger partial charge in [-0.15, -0.1) is 0 Å². The molecule has 17 heavy (non-hydrogen) atoms. The van der Waals surface area contributed by atoms with Crippen molar-refractivity contribution in [3.8, 4) is 6.26 Å². The van der Waals surface area contributed by atoms with Crippen LogP contribution in [0, 0.1) is 11.5 Å². The number of ether oxygens (including phenoxy) is 3. The summed E-state index contributed by atoms with van der Waals surface area (Å²) in [6.45, 7) is 7.41. The van der Waals surface area contributed by atoms with Crippen molar-refractivity contribution < 1.29 is 23.8 Å². The quantitative estimate of drug-likeness (QED) is 0.369. The molecule has 0 atom stereocenters. The second-order valence-electron chi connectivity index (χ2n) is 3.27. The summed E-state index contributed by atoms with van der Waals surface area (Å²) in [6, 6.07) is 0. The predicted octanol–water partition coefficient (Wildman–Crippen LogP) is 0.701. The minimum atomic E-state index is -1.23. The Balaban J connectivity index is 4.39. The Bertz CT molecular complexity index is 331. The maximum absolute atomic E-state index is 10.9. The summed E-state index contributed by atoms with van der Waals surface area (Å²) in [5.41, 5.74) is -1.23. The molecule has 0 heterocycles. The second kappa shape index (κ2) is 7.06. The van der Waals surface area contributed by atoms with Gasteiger partial charge in [-0.2, -0.15) is 5.26 Å². The lowest BCUT2D eigenvalue weighted by Gasteiger charge is -2.24. The van der Waals surface area contributed by atoms with Gasteiger partial charge in [0.1, 0.15) is 13.2 Å². The molecule has 0 N–H and O–H groups in total. The fraction of sp³-hybridized carbons (Fsp3) is 0.364. The minimum Gasteiger partial charge on any atom is -0.458 e. The van der Waals surface area contributed by atoms with Gasteiger partial charge < -0.3 is 14.2 Å². The van der Waals surface area contributed by atoms with E-state index < -0.39 is 17.5 Å². The van der Waals surface area contributed by atoms with Crippen molar-refractivity contribution >= 4 is 11.9 Å². The van der Waals surface area contributed by atoms with Gasteiger partial charge in [0, 0.05) is 12.2 Å². The van der Waals surface area contributed by atoms with E-state index >= 15 is 0 Å². The highest BCUT2D eigenvalue weighted by molar-refractivity contribution is 5.81. The van der Waals surface area contributed by atoms with Crippen LogP contribution in [0.5, 0.6) is 0 Å². The number of carbonyl (C=O) groups is 2. The average Bonchev–Trinajstić information content (AvgIpc) is 2.33. The van der Waals surface area contributed by atoms with Gasteiger partial charge in [0.15, 0.2) is 5.60 Å². The molecule has 0 aromatic heterocycles. The topological polar surface area (TPSA) is 85.6 Å². The first-order chi connectivity index (χ1) is 7.97. The number of nitrogens with zero attached hydrogens (tertiary/aromatic N) is 1. The molecule has 0 spiro atoms. The number of hydrogen-bond acceptors (Lipinski definition) is 6. The molecule has 0 fully saturated rings. The van der Waals surface area contributed by atoms with Gasteiger partial charge in [-0.25, -0.2) is 9.59 Å². The van der Waals surface area contributed by atoms with Crippen LogP contribution < -0.4 is 0 Å². The molecule has 0 bridgehead atoms. The predicted molar refractivity (Wildman–Crippen MR) is 57.4 cm³/mol. The van der Waals surface area contributed by atoms with Gasteiger partial charge in [-0.1, -0.05) is 13.2 Å². The summed E-state index contributed by atoms with van der Waals surface area (Å²) >= 11 is 0. The highest BCUT2D eigenvalue weighted by Gasteiger charge is 2.30. The summed E-state index contributed by atoms with van der Waals surface area (Å²) in [5.74, 6) is -1.32. The molecule has 6 nitrogen and oxygen atoms in total. The zero-order valence-corrected chi connectivity index (χ0v) is 9.47. The molecule has 92 valence electrons. The van der Waals surface area contributed by atoms with Crippen LogP contribution in [0.4, 0.5) is 0 Å². The Morgan fingerprint density at radius 2 is 1.65 bits per heavy atom. The SMILES string of the molecule is C=CC(=O)OCC(C)(COC(=O)C=C)OC#N. The summed E-state index contributed by atoms with van der Waals surface area (Å²) in [5, 5.41) is 8.45. The Labute approximate surface area is 99.1 Å². The highest BCUT2D eigenvalue weighted by atomic mass is 16.6. The van der Waals surface area contributed by atoms with Crippen LogP contribution in [0.15, 0.2) is 25.3 Å². The third-order valence-corrected chi connectivity index (χ3v) is 1.66. The van der Waals surface area contributed by atoms with Gasteiger partial charge in [0.05, 0.1) is 0 Å². The van der Waals surface area contributed by atoms with Gasteiger partial charge in [0.2, 0.25) is 0 Å².